The predicted octanol–water partition coefficient (Wildman–Crippen LogP) is 5.43. The van der Waals surface area contributed by atoms with Crippen LogP contribution in [-0.4, -0.2) is 49.3 Å². The Kier molecular flexibility index (Phi) is 8.45. The number of benzene rings is 2. The molecule has 1 aliphatic carbocycles. The Morgan fingerprint density at radius 3 is 2.65 bits per heavy atom. The molecule has 0 unspecified atom stereocenters. The third kappa shape index (κ3) is 5.89. The van der Waals surface area contributed by atoms with Gasteiger partial charge in [-0.3, -0.25) is 9.59 Å². The number of ketones is 1. The summed E-state index contributed by atoms with van der Waals surface area (Å²) >= 11 is 0. The molecule has 230 valence electrons. The van der Waals surface area contributed by atoms with E-state index in [-0.39, 0.29) is 42.7 Å². The maximum Gasteiger partial charge on any atom is 0.248 e. The lowest BCUT2D eigenvalue weighted by molar-refractivity contribution is -0.571. The molecule has 4 aliphatic heterocycles. The van der Waals surface area contributed by atoms with Crippen molar-refractivity contribution in [1.29, 1.82) is 0 Å². The van der Waals surface area contributed by atoms with Crippen LogP contribution in [0, 0.1) is 23.7 Å². The molecule has 1 N–H and O–H groups in total. The van der Waals surface area contributed by atoms with Crippen LogP contribution in [0.2, 0.25) is 0 Å². The molecule has 0 radical (unpaired) electrons. The lowest BCUT2D eigenvalue weighted by Gasteiger charge is -2.60. The van der Waals surface area contributed by atoms with Crippen LogP contribution in [0.3, 0.4) is 0 Å². The van der Waals surface area contributed by atoms with Crippen LogP contribution in [-0.2, 0) is 35.4 Å². The Hall–Kier alpha value is -3.08. The van der Waals surface area contributed by atoms with E-state index < -0.39 is 23.9 Å². The predicted molar refractivity (Wildman–Crippen MR) is 157 cm³/mol. The van der Waals surface area contributed by atoms with Gasteiger partial charge in [-0.05, 0) is 67.4 Å². The first-order chi connectivity index (χ1) is 20.7. The van der Waals surface area contributed by atoms with Crippen molar-refractivity contribution in [3.05, 3.63) is 71.3 Å². The average Bonchev–Trinajstić information content (AvgIpc) is 3.24. The molecule has 9 nitrogen and oxygen atoms in total. The minimum absolute atomic E-state index is 0.0151. The summed E-state index contributed by atoms with van der Waals surface area (Å²) in [6.07, 6.45) is 5.97. The van der Waals surface area contributed by atoms with Crippen molar-refractivity contribution < 1.29 is 38.3 Å². The first-order valence-corrected chi connectivity index (χ1v) is 15.2. The Balaban J connectivity index is 1.01. The standard InChI is InChI=1S/C34H41NO8/c1-21-8-14-28-22(2)31(40-32-34(28)27(21)16-17-33(3,41-32)42-43-34)35-30(37)20-39-19-24-11-9-23(10-12-24)13-15-29(36)25-6-5-7-26(18-25)38-4/h5-7,9-13,15,18,21-22,27-28,31-32H,8,14,16-17,19-20H2,1-4H3,(H,35,37)/b15-13+/t21-,22-,27+,28+,31+,32-,33-,34-/m1/s1. The molecule has 4 heterocycles. The minimum Gasteiger partial charge on any atom is -0.497 e. The number of ether oxygens (including phenoxy) is 4. The summed E-state index contributed by atoms with van der Waals surface area (Å²) in [7, 11) is 1.57. The van der Waals surface area contributed by atoms with Gasteiger partial charge < -0.3 is 24.3 Å². The number of carbonyl (C=O) groups excluding carboxylic acids is 2. The molecule has 1 saturated carbocycles. The monoisotopic (exact) mass is 591 g/mol. The molecule has 5 fully saturated rings. The van der Waals surface area contributed by atoms with Gasteiger partial charge in [0.25, 0.3) is 0 Å². The number of hydrogen-bond donors (Lipinski definition) is 1. The first-order valence-electron chi connectivity index (χ1n) is 15.2. The van der Waals surface area contributed by atoms with Gasteiger partial charge in [-0.2, -0.15) is 0 Å². The number of nitrogens with one attached hydrogen (secondary N) is 1. The number of fused-ring (bicyclic) bond motifs is 2. The van der Waals surface area contributed by atoms with Crippen LogP contribution in [0.15, 0.2) is 54.6 Å². The van der Waals surface area contributed by atoms with Gasteiger partial charge >= 0.3 is 0 Å². The van der Waals surface area contributed by atoms with Gasteiger partial charge in [-0.1, -0.05) is 56.3 Å². The summed E-state index contributed by atoms with van der Waals surface area (Å²) in [5, 5.41) is 3.04. The second-order valence-electron chi connectivity index (χ2n) is 12.6. The van der Waals surface area contributed by atoms with Crippen molar-refractivity contribution >= 4 is 17.8 Å². The maximum atomic E-state index is 12.9. The molecule has 0 aromatic heterocycles. The van der Waals surface area contributed by atoms with E-state index in [1.54, 1.807) is 43.5 Å². The zero-order valence-electron chi connectivity index (χ0n) is 25.2. The van der Waals surface area contributed by atoms with Crippen molar-refractivity contribution in [1.82, 2.24) is 5.32 Å². The summed E-state index contributed by atoms with van der Waals surface area (Å²) in [6.45, 7) is 6.46. The van der Waals surface area contributed by atoms with E-state index >= 15 is 0 Å². The van der Waals surface area contributed by atoms with Crippen LogP contribution >= 0.6 is 0 Å². The van der Waals surface area contributed by atoms with Crippen molar-refractivity contribution in [2.45, 2.75) is 77.0 Å². The fraction of sp³-hybridized carbons (Fsp3) is 0.529. The number of rotatable bonds is 9. The SMILES string of the molecule is COc1cccc(C(=O)/C=C/c2ccc(COCC(=O)N[C@H]3O[C@@H]4O[C@@]5(C)CC[C@H]6[C@H](C)CC[C@@H]([C@H]3C)[C@@]46OO5)cc2)c1. The van der Waals surface area contributed by atoms with Crippen LogP contribution in [0.25, 0.3) is 6.08 Å². The molecule has 1 amide bonds. The lowest BCUT2D eigenvalue weighted by Crippen LogP contribution is -2.72. The molecule has 4 saturated heterocycles. The van der Waals surface area contributed by atoms with Crippen molar-refractivity contribution in [2.75, 3.05) is 13.7 Å². The lowest BCUT2D eigenvalue weighted by atomic mass is 9.58. The normalized spacial score (nSPS) is 34.8. The van der Waals surface area contributed by atoms with Gasteiger partial charge in [0.1, 0.15) is 18.6 Å². The summed E-state index contributed by atoms with van der Waals surface area (Å²) in [4.78, 5) is 37.5. The van der Waals surface area contributed by atoms with E-state index in [9.17, 15) is 9.59 Å². The van der Waals surface area contributed by atoms with E-state index in [1.165, 1.54) is 0 Å². The molecule has 9 heteroatoms. The number of hydrogen-bond acceptors (Lipinski definition) is 8. The van der Waals surface area contributed by atoms with Crippen molar-refractivity contribution in [3.8, 4) is 5.75 Å². The van der Waals surface area contributed by atoms with E-state index in [1.807, 2.05) is 31.2 Å². The maximum absolute atomic E-state index is 12.9. The van der Waals surface area contributed by atoms with Crippen molar-refractivity contribution in [3.63, 3.8) is 0 Å². The molecule has 5 aliphatic rings. The van der Waals surface area contributed by atoms with E-state index in [0.29, 0.717) is 17.2 Å². The third-order valence-electron chi connectivity index (χ3n) is 9.72. The largest absolute Gasteiger partial charge is 0.497 e. The molecule has 43 heavy (non-hydrogen) atoms. The van der Waals surface area contributed by atoms with Gasteiger partial charge in [-0.25, -0.2) is 9.78 Å². The van der Waals surface area contributed by atoms with Crippen LogP contribution < -0.4 is 10.1 Å². The molecule has 2 aromatic carbocycles. The number of methoxy groups -OCH3 is 1. The quantitative estimate of drug-likeness (QED) is 0.234. The Morgan fingerprint density at radius 2 is 1.86 bits per heavy atom. The van der Waals surface area contributed by atoms with Gasteiger partial charge in [-0.15, -0.1) is 0 Å². The molecule has 2 bridgehead atoms. The van der Waals surface area contributed by atoms with E-state index in [0.717, 1.165) is 36.8 Å². The minimum atomic E-state index is -0.854. The summed E-state index contributed by atoms with van der Waals surface area (Å²) in [5.41, 5.74) is 1.71. The zero-order valence-corrected chi connectivity index (χ0v) is 25.2. The summed E-state index contributed by atoms with van der Waals surface area (Å²) < 4.78 is 23.7. The van der Waals surface area contributed by atoms with Crippen molar-refractivity contribution in [2.24, 2.45) is 23.7 Å². The molecule has 2 aromatic rings. The summed E-state index contributed by atoms with van der Waals surface area (Å²) in [6, 6.07) is 14.7. The van der Waals surface area contributed by atoms with E-state index in [4.69, 9.17) is 28.7 Å². The van der Waals surface area contributed by atoms with Gasteiger partial charge in [0.2, 0.25) is 11.7 Å². The fourth-order valence-electron chi connectivity index (χ4n) is 7.30. The smallest absolute Gasteiger partial charge is 0.248 e. The molecule has 8 atom stereocenters. The highest BCUT2D eigenvalue weighted by Crippen LogP contribution is 2.60. The average molecular weight is 592 g/mol. The molecule has 1 spiro atoms. The second-order valence-corrected chi connectivity index (χ2v) is 12.6. The molecular formula is C34H41NO8. The fourth-order valence-corrected chi connectivity index (χ4v) is 7.30. The van der Waals surface area contributed by atoms with E-state index in [2.05, 4.69) is 19.2 Å². The first kappa shape index (κ1) is 30.0. The number of carbonyl (C=O) groups is 2. The Bertz CT molecular complexity index is 1360. The molecule has 7 rings (SSSR count). The number of allylic oxidation sites excluding steroid dienone is 1. The molecular weight excluding hydrogens is 550 g/mol. The second kappa shape index (κ2) is 12.1. The van der Waals surface area contributed by atoms with Crippen LogP contribution in [0.4, 0.5) is 0 Å². The van der Waals surface area contributed by atoms with Gasteiger partial charge in [0.05, 0.1) is 13.7 Å². The Labute approximate surface area is 252 Å². The Morgan fingerprint density at radius 1 is 1.05 bits per heavy atom. The van der Waals surface area contributed by atoms with Crippen LogP contribution in [0.5, 0.6) is 5.75 Å². The highest BCUT2D eigenvalue weighted by atomic mass is 17.3. The van der Waals surface area contributed by atoms with Crippen LogP contribution in [0.1, 0.15) is 67.9 Å². The topological polar surface area (TPSA) is 102 Å². The van der Waals surface area contributed by atoms with Gasteiger partial charge in [0.15, 0.2) is 17.7 Å². The summed E-state index contributed by atoms with van der Waals surface area (Å²) in [5.74, 6) is 0.351. The highest BCUT2D eigenvalue weighted by Gasteiger charge is 2.69. The highest BCUT2D eigenvalue weighted by molar-refractivity contribution is 6.07. The third-order valence-corrected chi connectivity index (χ3v) is 9.72. The number of amides is 1. The zero-order chi connectivity index (χ0) is 30.2. The van der Waals surface area contributed by atoms with Gasteiger partial charge in [0, 0.05) is 23.8 Å².